The van der Waals surface area contributed by atoms with Crippen molar-refractivity contribution in [3.05, 3.63) is 59.6 Å². The molecule has 0 aliphatic rings. The highest BCUT2D eigenvalue weighted by Gasteiger charge is 2.30. The number of sulfone groups is 1. The van der Waals surface area contributed by atoms with Crippen LogP contribution in [0.2, 0.25) is 0 Å². The Kier molecular flexibility index (Phi) is 6.50. The number of rotatable bonds is 9. The maximum absolute atomic E-state index is 12.8. The third-order valence-electron chi connectivity index (χ3n) is 4.75. The van der Waals surface area contributed by atoms with Gasteiger partial charge < -0.3 is 10.4 Å². The molecule has 3 aromatic rings. The van der Waals surface area contributed by atoms with Crippen LogP contribution in [-0.4, -0.2) is 42.4 Å². The fraction of sp³-hybridized carbons (Fsp3) is 0.381. The van der Waals surface area contributed by atoms with Crippen molar-refractivity contribution >= 4 is 31.4 Å². The van der Waals surface area contributed by atoms with Crippen LogP contribution in [0.1, 0.15) is 25.8 Å². The molecule has 0 amide bonds. The molecule has 7 heteroatoms. The second kappa shape index (κ2) is 8.69. The zero-order chi connectivity index (χ0) is 20.2. The number of benzene rings is 2. The second-order valence-electron chi connectivity index (χ2n) is 7.41. The predicted molar refractivity (Wildman–Crippen MR) is 115 cm³/mol. The Morgan fingerprint density at radius 1 is 1.21 bits per heavy atom. The Bertz CT molecular complexity index is 1010. The zero-order valence-electron chi connectivity index (χ0n) is 16.1. The van der Waals surface area contributed by atoms with Crippen molar-refractivity contribution in [1.29, 1.82) is 0 Å². The molecule has 0 saturated heterocycles. The number of fused-ring (bicyclic) bond motifs is 1. The molecule has 0 bridgehead atoms. The van der Waals surface area contributed by atoms with Crippen molar-refractivity contribution in [1.82, 2.24) is 10.3 Å². The summed E-state index contributed by atoms with van der Waals surface area (Å²) in [7, 11) is -3.61. The van der Waals surface area contributed by atoms with E-state index in [0.717, 1.165) is 23.1 Å². The van der Waals surface area contributed by atoms with Crippen molar-refractivity contribution in [3.63, 3.8) is 0 Å². The van der Waals surface area contributed by atoms with Gasteiger partial charge in [-0.05, 0) is 43.5 Å². The Balaban J connectivity index is 1.64. The van der Waals surface area contributed by atoms with E-state index in [1.54, 1.807) is 30.6 Å². The molecule has 1 aromatic heterocycles. The molecular weight excluding hydrogens is 392 g/mol. The van der Waals surface area contributed by atoms with Crippen LogP contribution in [0.4, 0.5) is 0 Å². The summed E-state index contributed by atoms with van der Waals surface area (Å²) < 4.78 is 26.5. The average molecular weight is 419 g/mol. The second-order valence-corrected chi connectivity index (χ2v) is 10.3. The molecule has 2 atom stereocenters. The molecule has 5 nitrogen and oxygen atoms in total. The molecule has 0 radical (unpaired) electrons. The van der Waals surface area contributed by atoms with Crippen LogP contribution in [0.15, 0.2) is 58.9 Å². The Morgan fingerprint density at radius 3 is 2.68 bits per heavy atom. The number of aliphatic hydroxyl groups is 1. The topological polar surface area (TPSA) is 79.3 Å². The van der Waals surface area contributed by atoms with Crippen molar-refractivity contribution < 1.29 is 13.5 Å². The van der Waals surface area contributed by atoms with E-state index in [0.29, 0.717) is 0 Å². The first-order valence-electron chi connectivity index (χ1n) is 9.35. The quantitative estimate of drug-likeness (QED) is 0.557. The van der Waals surface area contributed by atoms with E-state index in [-0.39, 0.29) is 23.2 Å². The fourth-order valence-corrected chi connectivity index (χ4v) is 5.65. The lowest BCUT2D eigenvalue weighted by atomic mass is 10.0. The lowest BCUT2D eigenvalue weighted by Crippen LogP contribution is -2.47. The first-order chi connectivity index (χ1) is 13.3. The smallest absolute Gasteiger partial charge is 0.181 e. The molecule has 0 aliphatic carbocycles. The Hall–Kier alpha value is -1.80. The number of thiazole rings is 1. The van der Waals surface area contributed by atoms with Crippen LogP contribution >= 0.6 is 11.3 Å². The highest BCUT2D eigenvalue weighted by molar-refractivity contribution is 7.91. The maximum atomic E-state index is 12.8. The van der Waals surface area contributed by atoms with Gasteiger partial charge in [-0.15, -0.1) is 11.3 Å². The average Bonchev–Trinajstić information content (AvgIpc) is 3.13. The predicted octanol–water partition coefficient (Wildman–Crippen LogP) is 3.43. The highest BCUT2D eigenvalue weighted by atomic mass is 32.2. The molecular formula is C21H26N2O3S2. The number of aromatic nitrogens is 1. The van der Waals surface area contributed by atoms with Crippen molar-refractivity contribution in [2.24, 2.45) is 0 Å². The minimum Gasteiger partial charge on any atom is -0.388 e. The molecule has 1 heterocycles. The summed E-state index contributed by atoms with van der Waals surface area (Å²) >= 11 is 1.40. The first kappa shape index (κ1) is 20.9. The third kappa shape index (κ3) is 5.38. The molecule has 3 rings (SSSR count). The summed E-state index contributed by atoms with van der Waals surface area (Å²) in [5.74, 6) is -0.334. The molecule has 2 N–H and O–H groups in total. The van der Waals surface area contributed by atoms with Crippen molar-refractivity contribution in [3.8, 4) is 0 Å². The standard InChI is InChI=1S/C21H26N2O3S2/c1-3-17(11-16-7-5-4-6-8-16)22-13-21(2,24)14-28(25,26)18-9-10-19-20(12-18)27-15-23-19/h4-10,12,15,17,22,24H,3,11,13-14H2,1-2H3/t17?,21-/m1/s1. The van der Waals surface area contributed by atoms with E-state index in [1.165, 1.54) is 16.9 Å². The van der Waals surface area contributed by atoms with Crippen LogP contribution in [0.5, 0.6) is 0 Å². The minimum absolute atomic E-state index is 0.171. The molecule has 0 fully saturated rings. The monoisotopic (exact) mass is 418 g/mol. The lowest BCUT2D eigenvalue weighted by molar-refractivity contribution is 0.0793. The SMILES string of the molecule is CCC(Cc1ccccc1)NC[C@@](C)(O)CS(=O)(=O)c1ccc2ncsc2c1. The maximum Gasteiger partial charge on any atom is 0.181 e. The number of nitrogens with zero attached hydrogens (tertiary/aromatic N) is 1. The van der Waals surface area contributed by atoms with Crippen LogP contribution < -0.4 is 5.32 Å². The summed E-state index contributed by atoms with van der Waals surface area (Å²) in [5.41, 5.74) is 2.32. The molecule has 150 valence electrons. The summed E-state index contributed by atoms with van der Waals surface area (Å²) in [4.78, 5) is 4.40. The first-order valence-corrected chi connectivity index (χ1v) is 11.9. The highest BCUT2D eigenvalue weighted by Crippen LogP contribution is 2.24. The summed E-state index contributed by atoms with van der Waals surface area (Å²) in [6.45, 7) is 3.86. The van der Waals surface area contributed by atoms with Crippen LogP contribution in [0, 0.1) is 0 Å². The van der Waals surface area contributed by atoms with Gasteiger partial charge >= 0.3 is 0 Å². The van der Waals surface area contributed by atoms with Gasteiger partial charge in [0.2, 0.25) is 0 Å². The van der Waals surface area contributed by atoms with E-state index in [2.05, 4.69) is 29.4 Å². The van der Waals surface area contributed by atoms with E-state index in [4.69, 9.17) is 0 Å². The number of nitrogens with one attached hydrogen (secondary N) is 1. The third-order valence-corrected chi connectivity index (χ3v) is 7.52. The van der Waals surface area contributed by atoms with Gasteiger partial charge in [0.15, 0.2) is 9.84 Å². The zero-order valence-corrected chi connectivity index (χ0v) is 17.8. The van der Waals surface area contributed by atoms with Crippen LogP contribution in [-0.2, 0) is 16.3 Å². The van der Waals surface area contributed by atoms with Gasteiger partial charge in [0, 0.05) is 12.6 Å². The Morgan fingerprint density at radius 2 is 1.96 bits per heavy atom. The minimum atomic E-state index is -3.61. The van der Waals surface area contributed by atoms with E-state index < -0.39 is 15.4 Å². The molecule has 0 aliphatic heterocycles. The van der Waals surface area contributed by atoms with E-state index in [1.807, 2.05) is 18.2 Å². The number of hydrogen-bond acceptors (Lipinski definition) is 6. The summed E-state index contributed by atoms with van der Waals surface area (Å²) in [6, 6.07) is 15.2. The van der Waals surface area contributed by atoms with Crippen LogP contribution in [0.25, 0.3) is 10.2 Å². The molecule has 28 heavy (non-hydrogen) atoms. The van der Waals surface area contributed by atoms with Gasteiger partial charge in [0.05, 0.1) is 32.0 Å². The normalized spacial score (nSPS) is 15.4. The van der Waals surface area contributed by atoms with Gasteiger partial charge in [-0.3, -0.25) is 0 Å². The number of hydrogen-bond donors (Lipinski definition) is 2. The molecule has 0 saturated carbocycles. The van der Waals surface area contributed by atoms with Gasteiger partial charge in [-0.25, -0.2) is 13.4 Å². The van der Waals surface area contributed by atoms with Gasteiger partial charge in [0.25, 0.3) is 0 Å². The van der Waals surface area contributed by atoms with Crippen molar-refractivity contribution in [2.45, 2.75) is 43.2 Å². The van der Waals surface area contributed by atoms with Crippen molar-refractivity contribution in [2.75, 3.05) is 12.3 Å². The largest absolute Gasteiger partial charge is 0.388 e. The Labute approximate surface area is 170 Å². The summed E-state index contributed by atoms with van der Waals surface area (Å²) in [6.07, 6.45) is 1.72. The molecule has 1 unspecified atom stereocenters. The van der Waals surface area contributed by atoms with Gasteiger partial charge in [0.1, 0.15) is 0 Å². The lowest BCUT2D eigenvalue weighted by Gasteiger charge is -2.27. The van der Waals surface area contributed by atoms with Crippen LogP contribution in [0.3, 0.4) is 0 Å². The molecule has 0 spiro atoms. The van der Waals surface area contributed by atoms with E-state index >= 15 is 0 Å². The van der Waals surface area contributed by atoms with E-state index in [9.17, 15) is 13.5 Å². The van der Waals surface area contributed by atoms with Gasteiger partial charge in [-0.1, -0.05) is 37.3 Å². The molecule has 2 aromatic carbocycles. The van der Waals surface area contributed by atoms with Gasteiger partial charge in [-0.2, -0.15) is 0 Å². The fourth-order valence-electron chi connectivity index (χ4n) is 3.20. The summed E-state index contributed by atoms with van der Waals surface area (Å²) in [5, 5.41) is 14.1.